The predicted octanol–water partition coefficient (Wildman–Crippen LogP) is 2.29. The van der Waals surface area contributed by atoms with Crippen molar-refractivity contribution in [3.05, 3.63) is 22.6 Å². The maximum absolute atomic E-state index is 5.73. The molecule has 0 aliphatic heterocycles. The summed E-state index contributed by atoms with van der Waals surface area (Å²) in [7, 11) is 0. The highest BCUT2D eigenvalue weighted by atomic mass is 79.9. The molecule has 1 fully saturated rings. The number of hydrogen-bond acceptors (Lipinski definition) is 3. The number of furan rings is 1. The molecular formula is C11H17BrN2O. The van der Waals surface area contributed by atoms with Crippen LogP contribution in [0.25, 0.3) is 0 Å². The van der Waals surface area contributed by atoms with E-state index in [4.69, 9.17) is 10.2 Å². The quantitative estimate of drug-likeness (QED) is 0.865. The smallest absolute Gasteiger partial charge is 0.136 e. The lowest BCUT2D eigenvalue weighted by Crippen LogP contribution is -2.29. The number of nitrogens with two attached hydrogens (primary N) is 1. The molecule has 4 heteroatoms. The average Bonchev–Trinajstić information content (AvgIpc) is 2.75. The Morgan fingerprint density at radius 1 is 1.73 bits per heavy atom. The predicted molar refractivity (Wildman–Crippen MR) is 63.5 cm³/mol. The van der Waals surface area contributed by atoms with Crippen LogP contribution in [-0.4, -0.2) is 13.1 Å². The summed E-state index contributed by atoms with van der Waals surface area (Å²) in [5.74, 6) is 2.61. The highest BCUT2D eigenvalue weighted by molar-refractivity contribution is 9.10. The highest BCUT2D eigenvalue weighted by Crippen LogP contribution is 2.37. The van der Waals surface area contributed by atoms with E-state index in [-0.39, 0.29) is 6.04 Å². The zero-order chi connectivity index (χ0) is 10.8. The SMILES string of the molecule is CC1CC1CNC(CN)c1occc1Br. The molecule has 1 aromatic rings. The second kappa shape index (κ2) is 4.68. The van der Waals surface area contributed by atoms with Crippen molar-refractivity contribution in [2.75, 3.05) is 13.1 Å². The molecule has 1 aliphatic carbocycles. The molecule has 1 aromatic heterocycles. The van der Waals surface area contributed by atoms with E-state index in [1.54, 1.807) is 6.26 Å². The summed E-state index contributed by atoms with van der Waals surface area (Å²) in [6, 6.07) is 2.03. The molecule has 1 saturated carbocycles. The largest absolute Gasteiger partial charge is 0.466 e. The van der Waals surface area contributed by atoms with Gasteiger partial charge in [0.1, 0.15) is 5.76 Å². The van der Waals surface area contributed by atoms with Gasteiger partial charge in [0.25, 0.3) is 0 Å². The Hall–Kier alpha value is -0.320. The van der Waals surface area contributed by atoms with E-state index in [2.05, 4.69) is 28.2 Å². The molecule has 1 heterocycles. The third-order valence-electron chi connectivity index (χ3n) is 3.10. The second-order valence-corrected chi connectivity index (χ2v) is 5.16. The monoisotopic (exact) mass is 272 g/mol. The first kappa shape index (κ1) is 11.2. The van der Waals surface area contributed by atoms with Crippen LogP contribution in [0.1, 0.15) is 25.1 Å². The van der Waals surface area contributed by atoms with E-state index in [9.17, 15) is 0 Å². The van der Waals surface area contributed by atoms with Crippen LogP contribution in [0.4, 0.5) is 0 Å². The first-order valence-corrected chi connectivity index (χ1v) is 6.18. The summed E-state index contributed by atoms with van der Waals surface area (Å²) in [4.78, 5) is 0. The Balaban J connectivity index is 1.90. The van der Waals surface area contributed by atoms with Crippen molar-refractivity contribution < 1.29 is 4.42 Å². The lowest BCUT2D eigenvalue weighted by Gasteiger charge is -2.14. The van der Waals surface area contributed by atoms with E-state index < -0.39 is 0 Å². The molecule has 3 nitrogen and oxygen atoms in total. The third-order valence-corrected chi connectivity index (χ3v) is 3.75. The Kier molecular flexibility index (Phi) is 3.49. The summed E-state index contributed by atoms with van der Waals surface area (Å²) >= 11 is 3.45. The summed E-state index contributed by atoms with van der Waals surface area (Å²) in [5, 5.41) is 3.46. The summed E-state index contributed by atoms with van der Waals surface area (Å²) < 4.78 is 6.40. The summed E-state index contributed by atoms with van der Waals surface area (Å²) in [6.45, 7) is 3.88. The molecule has 0 saturated heterocycles. The number of hydrogen-bond donors (Lipinski definition) is 2. The Labute approximate surface area is 98.5 Å². The van der Waals surface area contributed by atoms with Gasteiger partial charge in [0.2, 0.25) is 0 Å². The first-order valence-electron chi connectivity index (χ1n) is 5.38. The molecule has 2 rings (SSSR count). The van der Waals surface area contributed by atoms with Crippen molar-refractivity contribution in [1.29, 1.82) is 0 Å². The van der Waals surface area contributed by atoms with Gasteiger partial charge >= 0.3 is 0 Å². The normalized spacial score (nSPS) is 26.6. The first-order chi connectivity index (χ1) is 7.22. The van der Waals surface area contributed by atoms with Crippen LogP contribution in [0.2, 0.25) is 0 Å². The van der Waals surface area contributed by atoms with Crippen LogP contribution in [-0.2, 0) is 0 Å². The third kappa shape index (κ3) is 2.62. The van der Waals surface area contributed by atoms with Crippen molar-refractivity contribution in [2.45, 2.75) is 19.4 Å². The number of halogens is 1. The van der Waals surface area contributed by atoms with Crippen molar-refractivity contribution in [3.8, 4) is 0 Å². The lowest BCUT2D eigenvalue weighted by atomic mass is 10.2. The molecule has 3 unspecified atom stereocenters. The molecule has 0 aromatic carbocycles. The van der Waals surface area contributed by atoms with Crippen LogP contribution in [0.3, 0.4) is 0 Å². The van der Waals surface area contributed by atoms with E-state index in [0.717, 1.165) is 28.6 Å². The highest BCUT2D eigenvalue weighted by Gasteiger charge is 2.32. The Bertz CT molecular complexity index is 326. The fraction of sp³-hybridized carbons (Fsp3) is 0.636. The lowest BCUT2D eigenvalue weighted by molar-refractivity contribution is 0.407. The molecule has 84 valence electrons. The fourth-order valence-electron chi connectivity index (χ4n) is 1.81. The van der Waals surface area contributed by atoms with Crippen molar-refractivity contribution in [2.24, 2.45) is 17.6 Å². The van der Waals surface area contributed by atoms with Crippen molar-refractivity contribution in [1.82, 2.24) is 5.32 Å². The second-order valence-electron chi connectivity index (χ2n) is 4.30. The molecule has 0 spiro atoms. The molecule has 1 aliphatic rings. The minimum absolute atomic E-state index is 0.127. The minimum atomic E-state index is 0.127. The van der Waals surface area contributed by atoms with Gasteiger partial charge in [-0.15, -0.1) is 0 Å². The van der Waals surface area contributed by atoms with Gasteiger partial charge in [-0.3, -0.25) is 0 Å². The summed E-state index contributed by atoms with van der Waals surface area (Å²) in [5.41, 5.74) is 5.73. The average molecular weight is 273 g/mol. The Morgan fingerprint density at radius 3 is 2.93 bits per heavy atom. The Morgan fingerprint density at radius 2 is 2.47 bits per heavy atom. The van der Waals surface area contributed by atoms with Gasteiger partial charge in [-0.25, -0.2) is 0 Å². The molecule has 15 heavy (non-hydrogen) atoms. The van der Waals surface area contributed by atoms with Crippen LogP contribution in [0.5, 0.6) is 0 Å². The molecular weight excluding hydrogens is 256 g/mol. The molecule has 0 radical (unpaired) electrons. The standard InChI is InChI=1S/C11H17BrN2O/c1-7-4-8(7)6-14-10(5-13)11-9(12)2-3-15-11/h2-3,7-8,10,14H,4-6,13H2,1H3. The summed E-state index contributed by atoms with van der Waals surface area (Å²) in [6.07, 6.45) is 3.02. The minimum Gasteiger partial charge on any atom is -0.466 e. The zero-order valence-corrected chi connectivity index (χ0v) is 10.5. The van der Waals surface area contributed by atoms with Crippen molar-refractivity contribution >= 4 is 15.9 Å². The van der Waals surface area contributed by atoms with Gasteiger partial charge in [-0.1, -0.05) is 6.92 Å². The van der Waals surface area contributed by atoms with E-state index in [1.165, 1.54) is 6.42 Å². The molecule has 0 bridgehead atoms. The van der Waals surface area contributed by atoms with E-state index in [0.29, 0.717) is 6.54 Å². The van der Waals surface area contributed by atoms with Gasteiger partial charge in [0.05, 0.1) is 16.8 Å². The van der Waals surface area contributed by atoms with Gasteiger partial charge in [-0.05, 0) is 46.8 Å². The van der Waals surface area contributed by atoms with Crippen molar-refractivity contribution in [3.63, 3.8) is 0 Å². The number of rotatable bonds is 5. The molecule has 3 atom stereocenters. The van der Waals surface area contributed by atoms with Gasteiger partial charge in [0, 0.05) is 6.54 Å². The zero-order valence-electron chi connectivity index (χ0n) is 8.87. The van der Waals surface area contributed by atoms with E-state index in [1.807, 2.05) is 6.07 Å². The molecule has 3 N–H and O–H groups in total. The van der Waals surface area contributed by atoms with Gasteiger partial charge in [0.15, 0.2) is 0 Å². The van der Waals surface area contributed by atoms with E-state index >= 15 is 0 Å². The van der Waals surface area contributed by atoms with Crippen LogP contribution < -0.4 is 11.1 Å². The number of nitrogens with one attached hydrogen (secondary N) is 1. The van der Waals surface area contributed by atoms with Crippen LogP contribution >= 0.6 is 15.9 Å². The van der Waals surface area contributed by atoms with Gasteiger partial charge in [-0.2, -0.15) is 0 Å². The van der Waals surface area contributed by atoms with Crippen LogP contribution in [0, 0.1) is 11.8 Å². The topological polar surface area (TPSA) is 51.2 Å². The molecule has 0 amide bonds. The maximum Gasteiger partial charge on any atom is 0.136 e. The maximum atomic E-state index is 5.73. The van der Waals surface area contributed by atoms with Gasteiger partial charge < -0.3 is 15.5 Å². The van der Waals surface area contributed by atoms with Crippen LogP contribution in [0.15, 0.2) is 21.2 Å². The fourth-order valence-corrected chi connectivity index (χ4v) is 2.29.